The molecule has 3 rings (SSSR count). The first-order chi connectivity index (χ1) is 13.4. The number of nitrogens with two attached hydrogens (primary N) is 2. The van der Waals surface area contributed by atoms with Crippen LogP contribution in [0.1, 0.15) is 48.4 Å². The third kappa shape index (κ3) is 4.51. The molecule has 0 radical (unpaired) electrons. The van der Waals surface area contributed by atoms with Crippen LogP contribution in [-0.4, -0.2) is 29.6 Å². The molecule has 0 aliphatic heterocycles. The molecule has 0 amide bonds. The summed E-state index contributed by atoms with van der Waals surface area (Å²) in [4.78, 5) is 6.87. The maximum atomic E-state index is 13.9. The number of aromatic nitrogens is 2. The maximum absolute atomic E-state index is 13.9. The van der Waals surface area contributed by atoms with Crippen molar-refractivity contribution in [2.45, 2.75) is 55.7 Å². The van der Waals surface area contributed by atoms with Crippen molar-refractivity contribution in [2.24, 2.45) is 5.14 Å². The van der Waals surface area contributed by atoms with Crippen molar-refractivity contribution in [3.05, 3.63) is 35.2 Å². The summed E-state index contributed by atoms with van der Waals surface area (Å²) >= 11 is 0. The molecule has 1 aliphatic rings. The Balaban J connectivity index is 2.31. The minimum Gasteiger partial charge on any atom is -0.393 e. The Kier molecular flexibility index (Phi) is 5.58. The monoisotopic (exact) mass is 430 g/mol. The van der Waals surface area contributed by atoms with E-state index in [1.807, 2.05) is 0 Å². The fourth-order valence-corrected chi connectivity index (χ4v) is 4.61. The molecule has 7 nitrogen and oxygen atoms in total. The number of rotatable bonds is 3. The zero-order chi connectivity index (χ0) is 21.6. The molecular weight excluding hydrogens is 409 g/mol. The van der Waals surface area contributed by atoms with Gasteiger partial charge in [0.15, 0.2) is 0 Å². The number of hydrogen-bond acceptors (Lipinski definition) is 6. The molecular formula is C18H21F3N4O3S. The number of primary sulfonamides is 1. The summed E-state index contributed by atoms with van der Waals surface area (Å²) in [5.41, 5.74) is 5.09. The largest absolute Gasteiger partial charge is 0.417 e. The zero-order valence-electron chi connectivity index (χ0n) is 15.6. The van der Waals surface area contributed by atoms with Gasteiger partial charge in [-0.15, -0.1) is 0 Å². The van der Waals surface area contributed by atoms with Gasteiger partial charge in [-0.3, -0.25) is 0 Å². The van der Waals surface area contributed by atoms with Gasteiger partial charge in [0.05, 0.1) is 22.3 Å². The van der Waals surface area contributed by atoms with Gasteiger partial charge in [0.2, 0.25) is 16.0 Å². The first kappa shape index (κ1) is 21.5. The van der Waals surface area contributed by atoms with Crippen LogP contribution in [0.3, 0.4) is 0 Å². The average Bonchev–Trinajstić information content (AvgIpc) is 2.59. The Hall–Kier alpha value is -2.24. The molecule has 1 aromatic heterocycles. The lowest BCUT2D eigenvalue weighted by molar-refractivity contribution is -0.140. The van der Waals surface area contributed by atoms with Crippen LogP contribution in [0, 0.1) is 6.92 Å². The lowest BCUT2D eigenvalue weighted by Crippen LogP contribution is -2.24. The number of hydrogen-bond donors (Lipinski definition) is 3. The smallest absolute Gasteiger partial charge is 0.393 e. The molecule has 0 saturated heterocycles. The van der Waals surface area contributed by atoms with Crippen molar-refractivity contribution in [1.29, 1.82) is 0 Å². The summed E-state index contributed by atoms with van der Waals surface area (Å²) in [6.07, 6.45) is -2.89. The number of aliphatic hydroxyl groups excluding tert-OH is 1. The highest BCUT2D eigenvalue weighted by Gasteiger charge is 2.41. The molecule has 0 spiro atoms. The van der Waals surface area contributed by atoms with Crippen LogP contribution in [0.25, 0.3) is 11.1 Å². The standard InChI is InChI=1S/C18H21F3N4O3S/c1-9-14(8-24-17(22)25-9)11-6-13(10-2-4-12(26)5-3-10)16(18(19,20)21)15(7-11)29(23,27)28/h6-8,10,12,26H,2-5H2,1H3,(H2,22,24,25)(H2,23,27,28). The van der Waals surface area contributed by atoms with E-state index in [0.29, 0.717) is 36.9 Å². The third-order valence-corrected chi connectivity index (χ3v) is 6.10. The molecule has 0 atom stereocenters. The average molecular weight is 430 g/mol. The molecule has 0 unspecified atom stereocenters. The molecule has 11 heteroatoms. The predicted molar refractivity (Wildman–Crippen MR) is 100 cm³/mol. The number of benzene rings is 1. The number of aryl methyl sites for hydroxylation is 1. The van der Waals surface area contributed by atoms with E-state index in [1.54, 1.807) is 6.92 Å². The SMILES string of the molecule is Cc1nc(N)ncc1-c1cc(C2CCC(O)CC2)c(C(F)(F)F)c(S(N)(=O)=O)c1. The van der Waals surface area contributed by atoms with Crippen LogP contribution in [0.4, 0.5) is 19.1 Å². The van der Waals surface area contributed by atoms with E-state index in [4.69, 9.17) is 10.9 Å². The number of sulfonamides is 1. The summed E-state index contributed by atoms with van der Waals surface area (Å²) in [6, 6.07) is 2.23. The Bertz CT molecular complexity index is 1030. The van der Waals surface area contributed by atoms with Gasteiger partial charge in [0.25, 0.3) is 0 Å². The van der Waals surface area contributed by atoms with Gasteiger partial charge in [-0.25, -0.2) is 23.5 Å². The summed E-state index contributed by atoms with van der Waals surface area (Å²) in [7, 11) is -4.67. The van der Waals surface area contributed by atoms with Gasteiger partial charge in [-0.1, -0.05) is 6.07 Å². The Labute approximate surface area is 166 Å². The maximum Gasteiger partial charge on any atom is 0.417 e. The van der Waals surface area contributed by atoms with Crippen LogP contribution in [0.2, 0.25) is 0 Å². The second kappa shape index (κ2) is 7.54. The van der Waals surface area contributed by atoms with Crippen LogP contribution in [0.15, 0.2) is 23.2 Å². The van der Waals surface area contributed by atoms with Crippen molar-refractivity contribution in [3.8, 4) is 11.1 Å². The first-order valence-corrected chi connectivity index (χ1v) is 10.5. The second-order valence-corrected chi connectivity index (χ2v) is 8.74. The van der Waals surface area contributed by atoms with Gasteiger partial charge in [0, 0.05) is 11.8 Å². The van der Waals surface area contributed by atoms with Gasteiger partial charge in [0.1, 0.15) is 0 Å². The van der Waals surface area contributed by atoms with E-state index >= 15 is 0 Å². The topological polar surface area (TPSA) is 132 Å². The van der Waals surface area contributed by atoms with Crippen LogP contribution in [0.5, 0.6) is 0 Å². The zero-order valence-corrected chi connectivity index (χ0v) is 16.4. The molecule has 29 heavy (non-hydrogen) atoms. The minimum absolute atomic E-state index is 0.00803. The van der Waals surface area contributed by atoms with E-state index in [1.165, 1.54) is 12.3 Å². The molecule has 1 saturated carbocycles. The predicted octanol–water partition coefficient (Wildman–Crippen LogP) is 2.72. The van der Waals surface area contributed by atoms with Crippen LogP contribution >= 0.6 is 0 Å². The van der Waals surface area contributed by atoms with Crippen molar-refractivity contribution >= 4 is 16.0 Å². The lowest BCUT2D eigenvalue weighted by atomic mass is 9.80. The van der Waals surface area contributed by atoms with E-state index in [2.05, 4.69) is 9.97 Å². The molecule has 5 N–H and O–H groups in total. The Morgan fingerprint density at radius 3 is 2.31 bits per heavy atom. The summed E-state index contributed by atoms with van der Waals surface area (Å²) in [5, 5.41) is 14.9. The number of anilines is 1. The molecule has 2 aromatic rings. The van der Waals surface area contributed by atoms with Crippen molar-refractivity contribution in [1.82, 2.24) is 9.97 Å². The Morgan fingerprint density at radius 1 is 1.17 bits per heavy atom. The van der Waals surface area contributed by atoms with E-state index < -0.39 is 38.7 Å². The highest BCUT2D eigenvalue weighted by molar-refractivity contribution is 7.89. The van der Waals surface area contributed by atoms with E-state index in [-0.39, 0.29) is 17.1 Å². The van der Waals surface area contributed by atoms with Crippen LogP contribution < -0.4 is 10.9 Å². The number of aliphatic hydroxyl groups is 1. The minimum atomic E-state index is -4.92. The summed E-state index contributed by atoms with van der Waals surface area (Å²) in [5.74, 6) is -0.572. The normalized spacial score (nSPS) is 20.6. The van der Waals surface area contributed by atoms with Crippen molar-refractivity contribution in [2.75, 3.05) is 5.73 Å². The quantitative estimate of drug-likeness (QED) is 0.686. The fraction of sp³-hybridized carbons (Fsp3) is 0.444. The molecule has 0 bridgehead atoms. The third-order valence-electron chi connectivity index (χ3n) is 5.17. The molecule has 1 heterocycles. The van der Waals surface area contributed by atoms with E-state index in [9.17, 15) is 26.7 Å². The fourth-order valence-electron chi connectivity index (χ4n) is 3.80. The number of nitrogen functional groups attached to an aromatic ring is 1. The number of nitrogens with zero attached hydrogens (tertiary/aromatic N) is 2. The summed E-state index contributed by atoms with van der Waals surface area (Å²) < 4.78 is 66.0. The number of halogens is 3. The highest BCUT2D eigenvalue weighted by atomic mass is 32.2. The molecule has 158 valence electrons. The number of alkyl halides is 3. The van der Waals surface area contributed by atoms with Gasteiger partial charge in [-0.2, -0.15) is 13.2 Å². The van der Waals surface area contributed by atoms with Gasteiger partial charge >= 0.3 is 6.18 Å². The van der Waals surface area contributed by atoms with Crippen LogP contribution in [-0.2, 0) is 16.2 Å². The van der Waals surface area contributed by atoms with Gasteiger partial charge < -0.3 is 10.8 Å². The first-order valence-electron chi connectivity index (χ1n) is 8.93. The Morgan fingerprint density at radius 2 is 1.79 bits per heavy atom. The lowest BCUT2D eigenvalue weighted by Gasteiger charge is -2.29. The molecule has 1 aromatic carbocycles. The molecule has 1 fully saturated rings. The highest BCUT2D eigenvalue weighted by Crippen LogP contribution is 2.45. The van der Waals surface area contributed by atoms with Crippen molar-refractivity contribution in [3.63, 3.8) is 0 Å². The van der Waals surface area contributed by atoms with E-state index in [0.717, 1.165) is 6.07 Å². The summed E-state index contributed by atoms with van der Waals surface area (Å²) in [6.45, 7) is 1.60. The van der Waals surface area contributed by atoms with Gasteiger partial charge in [-0.05, 0) is 55.7 Å². The second-order valence-electron chi connectivity index (χ2n) is 7.21. The van der Waals surface area contributed by atoms with Crippen molar-refractivity contribution < 1.29 is 26.7 Å². The molecule has 1 aliphatic carbocycles.